The van der Waals surface area contributed by atoms with Crippen LogP contribution in [0.15, 0.2) is 58.4 Å². The van der Waals surface area contributed by atoms with Gasteiger partial charge >= 0.3 is 0 Å². The Labute approximate surface area is 167 Å². The second kappa shape index (κ2) is 8.68. The summed E-state index contributed by atoms with van der Waals surface area (Å²) in [6, 6.07) is 13.9. The number of aromatic nitrogens is 1. The van der Waals surface area contributed by atoms with Crippen molar-refractivity contribution in [2.24, 2.45) is 12.0 Å². The number of hydrogen-bond acceptors (Lipinski definition) is 5. The molecule has 0 saturated carbocycles. The van der Waals surface area contributed by atoms with Crippen LogP contribution in [0.5, 0.6) is 5.75 Å². The number of benzene rings is 2. The lowest BCUT2D eigenvalue weighted by Gasteiger charge is -2.07. The van der Waals surface area contributed by atoms with Gasteiger partial charge in [-0.05, 0) is 43.3 Å². The average Bonchev–Trinajstić information content (AvgIpc) is 2.98. The molecule has 3 aromatic rings. The van der Waals surface area contributed by atoms with E-state index in [2.05, 4.69) is 9.71 Å². The second-order valence-corrected chi connectivity index (χ2v) is 8.75. The normalized spacial score (nSPS) is 12.4. The molecule has 0 unspecified atom stereocenters. The van der Waals surface area contributed by atoms with Crippen LogP contribution in [-0.2, 0) is 21.9 Å². The van der Waals surface area contributed by atoms with Gasteiger partial charge in [-0.2, -0.15) is 4.99 Å². The number of ether oxygens (including phenoxy) is 1. The van der Waals surface area contributed by atoms with E-state index in [1.807, 2.05) is 42.8 Å². The van der Waals surface area contributed by atoms with Gasteiger partial charge in [0.25, 0.3) is 0 Å². The lowest BCUT2D eigenvalue weighted by molar-refractivity contribution is -0.117. The van der Waals surface area contributed by atoms with Gasteiger partial charge in [-0.25, -0.2) is 13.1 Å². The average molecular weight is 420 g/mol. The van der Waals surface area contributed by atoms with Crippen molar-refractivity contribution in [1.82, 2.24) is 9.29 Å². The van der Waals surface area contributed by atoms with Crippen molar-refractivity contribution in [3.8, 4) is 5.75 Å². The fourth-order valence-corrected chi connectivity index (χ4v) is 4.68. The molecule has 2 aromatic carbocycles. The molecule has 1 heterocycles. The highest BCUT2D eigenvalue weighted by Crippen LogP contribution is 2.16. The van der Waals surface area contributed by atoms with Crippen LogP contribution in [0.2, 0.25) is 0 Å². The van der Waals surface area contributed by atoms with E-state index in [0.717, 1.165) is 10.2 Å². The summed E-state index contributed by atoms with van der Waals surface area (Å²) in [7, 11) is -1.84. The van der Waals surface area contributed by atoms with Crippen LogP contribution in [0.1, 0.15) is 13.3 Å². The van der Waals surface area contributed by atoms with Crippen molar-refractivity contribution in [3.05, 3.63) is 53.3 Å². The number of aryl methyl sites for hydroxylation is 1. The number of nitrogens with zero attached hydrogens (tertiary/aromatic N) is 2. The first kappa shape index (κ1) is 20.2. The van der Waals surface area contributed by atoms with Gasteiger partial charge in [0.15, 0.2) is 4.80 Å². The molecule has 3 rings (SSSR count). The van der Waals surface area contributed by atoms with Crippen LogP contribution in [-0.4, -0.2) is 32.0 Å². The third kappa shape index (κ3) is 4.67. The molecule has 0 bridgehead atoms. The summed E-state index contributed by atoms with van der Waals surface area (Å²) in [6.07, 6.45) is -0.0233. The topological polar surface area (TPSA) is 89.8 Å². The van der Waals surface area contributed by atoms with Gasteiger partial charge in [0, 0.05) is 20.0 Å². The fraction of sp³-hybridized carbons (Fsp3) is 0.263. The molecule has 28 heavy (non-hydrogen) atoms. The summed E-state index contributed by atoms with van der Waals surface area (Å²) in [5.41, 5.74) is 0.996. The molecule has 0 aliphatic rings. The monoisotopic (exact) mass is 419 g/mol. The van der Waals surface area contributed by atoms with Crippen LogP contribution >= 0.6 is 11.3 Å². The lowest BCUT2D eigenvalue weighted by Crippen LogP contribution is -2.26. The molecule has 0 saturated heterocycles. The highest BCUT2D eigenvalue weighted by atomic mass is 32.2. The Bertz CT molecular complexity index is 1150. The molecule has 0 spiro atoms. The maximum atomic E-state index is 12.3. The minimum Gasteiger partial charge on any atom is -0.494 e. The number of carbonyl (C=O) groups is 1. The van der Waals surface area contributed by atoms with Gasteiger partial charge in [0.1, 0.15) is 5.75 Å². The fourth-order valence-electron chi connectivity index (χ4n) is 2.61. The standard InChI is InChI=1S/C19H21N3O4S2/c1-3-26-14-8-10-15(11-9-14)28(24,25)20-13-12-18(23)21-19-22(2)16-6-4-5-7-17(16)27-19/h4-11,20H,3,12-13H2,1-2H3. The number of hydrogen-bond donors (Lipinski definition) is 1. The highest BCUT2D eigenvalue weighted by Gasteiger charge is 2.14. The van der Waals surface area contributed by atoms with E-state index >= 15 is 0 Å². The minimum atomic E-state index is -3.69. The summed E-state index contributed by atoms with van der Waals surface area (Å²) in [5.74, 6) is 0.225. The first-order valence-corrected chi connectivity index (χ1v) is 11.1. The third-order valence-corrected chi connectivity index (χ3v) is 6.60. The Kier molecular flexibility index (Phi) is 6.28. The summed E-state index contributed by atoms with van der Waals surface area (Å²) < 4.78 is 35.3. The van der Waals surface area contributed by atoms with Crippen molar-refractivity contribution in [3.63, 3.8) is 0 Å². The zero-order valence-electron chi connectivity index (χ0n) is 15.6. The molecule has 1 amide bonds. The Morgan fingerprint density at radius 3 is 2.57 bits per heavy atom. The van der Waals surface area contributed by atoms with Crippen molar-refractivity contribution < 1.29 is 17.9 Å². The third-order valence-electron chi connectivity index (χ3n) is 4.01. The molecular formula is C19H21N3O4S2. The van der Waals surface area contributed by atoms with E-state index in [1.54, 1.807) is 12.1 Å². The molecule has 0 atom stereocenters. The SMILES string of the molecule is CCOc1ccc(S(=O)(=O)NCCC(=O)N=c2sc3ccccc3n2C)cc1. The van der Waals surface area contributed by atoms with Gasteiger partial charge < -0.3 is 9.30 Å². The summed E-state index contributed by atoms with van der Waals surface area (Å²) >= 11 is 1.42. The zero-order chi connectivity index (χ0) is 20.1. The van der Waals surface area contributed by atoms with Gasteiger partial charge in [-0.1, -0.05) is 23.5 Å². The molecule has 9 heteroatoms. The number of para-hydroxylation sites is 1. The molecule has 0 aliphatic carbocycles. The Balaban J connectivity index is 1.63. The molecule has 0 aliphatic heterocycles. The quantitative estimate of drug-likeness (QED) is 0.637. The zero-order valence-corrected chi connectivity index (χ0v) is 17.2. The number of sulfonamides is 1. The summed E-state index contributed by atoms with van der Waals surface area (Å²) in [5, 5.41) is 0. The van der Waals surface area contributed by atoms with Crippen LogP contribution in [0, 0.1) is 0 Å². The first-order chi connectivity index (χ1) is 13.4. The highest BCUT2D eigenvalue weighted by molar-refractivity contribution is 7.89. The predicted octanol–water partition coefficient (Wildman–Crippen LogP) is 2.43. The van der Waals surface area contributed by atoms with E-state index in [0.29, 0.717) is 17.2 Å². The van der Waals surface area contributed by atoms with E-state index in [1.165, 1.54) is 23.5 Å². The molecular weight excluding hydrogens is 398 g/mol. The Hall–Kier alpha value is -2.49. The van der Waals surface area contributed by atoms with Crippen LogP contribution in [0.25, 0.3) is 10.2 Å². The predicted molar refractivity (Wildman–Crippen MR) is 109 cm³/mol. The van der Waals surface area contributed by atoms with Crippen LogP contribution in [0.4, 0.5) is 0 Å². The number of rotatable bonds is 7. The summed E-state index contributed by atoms with van der Waals surface area (Å²) in [6.45, 7) is 2.34. The largest absolute Gasteiger partial charge is 0.494 e. The molecule has 7 nitrogen and oxygen atoms in total. The number of thiazole rings is 1. The smallest absolute Gasteiger partial charge is 0.249 e. The molecule has 1 N–H and O–H groups in total. The number of fused-ring (bicyclic) bond motifs is 1. The van der Waals surface area contributed by atoms with Gasteiger partial charge in [-0.15, -0.1) is 0 Å². The number of carbonyl (C=O) groups excluding carboxylic acids is 1. The lowest BCUT2D eigenvalue weighted by atomic mass is 10.3. The van der Waals surface area contributed by atoms with Crippen molar-refractivity contribution >= 4 is 37.5 Å². The molecule has 1 aromatic heterocycles. The van der Waals surface area contributed by atoms with Gasteiger partial charge in [0.05, 0.1) is 21.7 Å². The second-order valence-electron chi connectivity index (χ2n) is 5.97. The first-order valence-electron chi connectivity index (χ1n) is 8.75. The van der Waals surface area contributed by atoms with Crippen molar-refractivity contribution in [1.29, 1.82) is 0 Å². The van der Waals surface area contributed by atoms with Gasteiger partial charge in [-0.3, -0.25) is 4.79 Å². The van der Waals surface area contributed by atoms with Gasteiger partial charge in [0.2, 0.25) is 15.9 Å². The van der Waals surface area contributed by atoms with E-state index in [4.69, 9.17) is 4.74 Å². The van der Waals surface area contributed by atoms with Crippen molar-refractivity contribution in [2.45, 2.75) is 18.2 Å². The van der Waals surface area contributed by atoms with Crippen LogP contribution < -0.4 is 14.3 Å². The molecule has 148 valence electrons. The van der Waals surface area contributed by atoms with Crippen LogP contribution in [0.3, 0.4) is 0 Å². The summed E-state index contributed by atoms with van der Waals surface area (Å²) in [4.78, 5) is 17.0. The van der Waals surface area contributed by atoms with Crippen molar-refractivity contribution in [2.75, 3.05) is 13.2 Å². The minimum absolute atomic E-state index is 0.0213. The van der Waals surface area contributed by atoms with E-state index in [-0.39, 0.29) is 23.8 Å². The number of nitrogens with one attached hydrogen (secondary N) is 1. The Morgan fingerprint density at radius 2 is 1.89 bits per heavy atom. The Morgan fingerprint density at radius 1 is 1.18 bits per heavy atom. The van der Waals surface area contributed by atoms with E-state index in [9.17, 15) is 13.2 Å². The maximum absolute atomic E-state index is 12.3. The maximum Gasteiger partial charge on any atom is 0.249 e. The molecule has 0 fully saturated rings. The van der Waals surface area contributed by atoms with E-state index < -0.39 is 10.0 Å². The molecule has 0 radical (unpaired) electrons. The number of amides is 1.